The molecule has 0 spiro atoms. The van der Waals surface area contributed by atoms with E-state index in [1.165, 1.54) is 0 Å². The maximum absolute atomic E-state index is 11.5. The second kappa shape index (κ2) is 7.38. The first-order valence-corrected chi connectivity index (χ1v) is 7.34. The summed E-state index contributed by atoms with van der Waals surface area (Å²) in [6.45, 7) is 4.18. The topological polar surface area (TPSA) is 68.5 Å². The molecule has 1 unspecified atom stereocenters. The average Bonchev–Trinajstić information content (AvgIpc) is 2.96. The van der Waals surface area contributed by atoms with Crippen molar-refractivity contribution in [3.8, 4) is 11.5 Å². The van der Waals surface area contributed by atoms with Crippen molar-refractivity contribution in [3.63, 3.8) is 0 Å². The molecule has 118 valence electrons. The molecule has 2 aromatic rings. The molecule has 0 amide bonds. The van der Waals surface area contributed by atoms with Crippen LogP contribution in [0.5, 0.6) is 0 Å². The van der Waals surface area contributed by atoms with E-state index in [1.807, 2.05) is 19.1 Å². The second-order valence-corrected chi connectivity index (χ2v) is 5.29. The van der Waals surface area contributed by atoms with Crippen LogP contribution in [0.3, 0.4) is 0 Å². The Morgan fingerprint density at radius 3 is 2.91 bits per heavy atom. The van der Waals surface area contributed by atoms with E-state index in [-0.39, 0.29) is 18.6 Å². The van der Waals surface area contributed by atoms with Crippen LogP contribution in [0, 0.1) is 0 Å². The molecule has 1 atom stereocenters. The summed E-state index contributed by atoms with van der Waals surface area (Å²) in [5, 5.41) is 8.67. The van der Waals surface area contributed by atoms with E-state index >= 15 is 0 Å². The molecule has 2 rings (SSSR count). The van der Waals surface area contributed by atoms with E-state index in [2.05, 4.69) is 10.2 Å². The molecule has 0 aliphatic rings. The molecule has 0 aliphatic carbocycles. The average molecular weight is 324 g/mol. The second-order valence-electron chi connectivity index (χ2n) is 4.85. The lowest BCUT2D eigenvalue weighted by Crippen LogP contribution is -2.30. The summed E-state index contributed by atoms with van der Waals surface area (Å²) in [4.78, 5) is 13.3. The molecule has 0 N–H and O–H groups in total. The number of benzene rings is 1. The number of aromatic nitrogens is 2. The third kappa shape index (κ3) is 4.05. The molecule has 6 nitrogen and oxygen atoms in total. The zero-order valence-corrected chi connectivity index (χ0v) is 13.5. The third-order valence-corrected chi connectivity index (χ3v) is 3.45. The number of halogens is 1. The van der Waals surface area contributed by atoms with Gasteiger partial charge in [-0.15, -0.1) is 10.2 Å². The van der Waals surface area contributed by atoms with Gasteiger partial charge in [0.1, 0.15) is 0 Å². The summed E-state index contributed by atoms with van der Waals surface area (Å²) in [7, 11) is 1.80. The van der Waals surface area contributed by atoms with Crippen LogP contribution in [-0.4, -0.2) is 41.3 Å². The van der Waals surface area contributed by atoms with E-state index in [1.54, 1.807) is 31.0 Å². The SMILES string of the molecule is CCOC(=O)CN(C)C(C)c1nnc(-c2cccc(Cl)c2)o1. The van der Waals surface area contributed by atoms with Gasteiger partial charge in [0.25, 0.3) is 0 Å². The quantitative estimate of drug-likeness (QED) is 0.761. The highest BCUT2D eigenvalue weighted by Gasteiger charge is 2.21. The molecular formula is C15H18ClN3O3. The summed E-state index contributed by atoms with van der Waals surface area (Å²) < 4.78 is 10.6. The Hall–Kier alpha value is -1.92. The van der Waals surface area contributed by atoms with Crippen molar-refractivity contribution in [1.82, 2.24) is 15.1 Å². The van der Waals surface area contributed by atoms with E-state index in [0.29, 0.717) is 23.4 Å². The van der Waals surface area contributed by atoms with Gasteiger partial charge in [-0.05, 0) is 39.1 Å². The van der Waals surface area contributed by atoms with Gasteiger partial charge < -0.3 is 9.15 Å². The van der Waals surface area contributed by atoms with Crippen LogP contribution in [0.25, 0.3) is 11.5 Å². The van der Waals surface area contributed by atoms with Crippen molar-refractivity contribution >= 4 is 17.6 Å². The minimum Gasteiger partial charge on any atom is -0.465 e. The number of hydrogen-bond acceptors (Lipinski definition) is 6. The maximum Gasteiger partial charge on any atom is 0.320 e. The number of ether oxygens (including phenoxy) is 1. The first kappa shape index (κ1) is 16.5. The minimum absolute atomic E-state index is 0.157. The van der Waals surface area contributed by atoms with Gasteiger partial charge in [0, 0.05) is 10.6 Å². The number of rotatable bonds is 6. The Bertz CT molecular complexity index is 644. The van der Waals surface area contributed by atoms with Crippen LogP contribution in [0.1, 0.15) is 25.8 Å². The number of esters is 1. The summed E-state index contributed by atoms with van der Waals surface area (Å²) in [5.41, 5.74) is 0.756. The first-order chi connectivity index (χ1) is 10.5. The number of hydrogen-bond donors (Lipinski definition) is 0. The van der Waals surface area contributed by atoms with Gasteiger partial charge in [0.2, 0.25) is 11.8 Å². The smallest absolute Gasteiger partial charge is 0.320 e. The molecule has 0 radical (unpaired) electrons. The van der Waals surface area contributed by atoms with Crippen LogP contribution in [0.4, 0.5) is 0 Å². The fraction of sp³-hybridized carbons (Fsp3) is 0.400. The summed E-state index contributed by atoms with van der Waals surface area (Å²) in [6, 6.07) is 6.99. The summed E-state index contributed by atoms with van der Waals surface area (Å²) >= 11 is 5.95. The van der Waals surface area contributed by atoms with Crippen molar-refractivity contribution in [3.05, 3.63) is 35.2 Å². The van der Waals surface area contributed by atoms with Gasteiger partial charge in [-0.1, -0.05) is 17.7 Å². The Balaban J connectivity index is 2.08. The van der Waals surface area contributed by atoms with Crippen molar-refractivity contribution in [2.45, 2.75) is 19.9 Å². The highest BCUT2D eigenvalue weighted by Crippen LogP contribution is 2.24. The van der Waals surface area contributed by atoms with Crippen LogP contribution < -0.4 is 0 Å². The molecule has 0 saturated heterocycles. The van der Waals surface area contributed by atoms with Crippen LogP contribution in [0.2, 0.25) is 5.02 Å². The monoisotopic (exact) mass is 323 g/mol. The summed E-state index contributed by atoms with van der Waals surface area (Å²) in [6.07, 6.45) is 0. The van der Waals surface area contributed by atoms with Crippen molar-refractivity contribution in [2.24, 2.45) is 0 Å². The van der Waals surface area contributed by atoms with Crippen LogP contribution in [-0.2, 0) is 9.53 Å². The van der Waals surface area contributed by atoms with E-state index in [4.69, 9.17) is 20.8 Å². The molecule has 0 aliphatic heterocycles. The molecule has 1 aromatic carbocycles. The summed E-state index contributed by atoms with van der Waals surface area (Å²) in [5.74, 6) is 0.544. The van der Waals surface area contributed by atoms with Gasteiger partial charge in [0.05, 0.1) is 19.2 Å². The van der Waals surface area contributed by atoms with E-state index in [0.717, 1.165) is 5.56 Å². The van der Waals surface area contributed by atoms with Gasteiger partial charge >= 0.3 is 5.97 Å². The lowest BCUT2D eigenvalue weighted by Gasteiger charge is -2.20. The Morgan fingerprint density at radius 1 is 1.45 bits per heavy atom. The number of carbonyl (C=O) groups is 1. The zero-order valence-electron chi connectivity index (χ0n) is 12.7. The van der Waals surface area contributed by atoms with Crippen molar-refractivity contribution in [2.75, 3.05) is 20.2 Å². The molecule has 0 bridgehead atoms. The fourth-order valence-corrected chi connectivity index (χ4v) is 2.07. The molecule has 0 fully saturated rings. The minimum atomic E-state index is -0.286. The maximum atomic E-state index is 11.5. The molecule has 1 aromatic heterocycles. The van der Waals surface area contributed by atoms with Gasteiger partial charge in [0.15, 0.2) is 0 Å². The lowest BCUT2D eigenvalue weighted by molar-refractivity contribution is -0.144. The molecular weight excluding hydrogens is 306 g/mol. The normalized spacial score (nSPS) is 12.4. The number of carbonyl (C=O) groups excluding carboxylic acids is 1. The van der Waals surface area contributed by atoms with Crippen LogP contribution >= 0.6 is 11.6 Å². The Morgan fingerprint density at radius 2 is 2.23 bits per heavy atom. The first-order valence-electron chi connectivity index (χ1n) is 6.96. The predicted octanol–water partition coefficient (Wildman–Crippen LogP) is 2.95. The standard InChI is InChI=1S/C15H18ClN3O3/c1-4-21-13(20)9-19(3)10(2)14-17-18-15(22-14)11-6-5-7-12(16)8-11/h5-8,10H,4,9H2,1-3H3. The molecule has 7 heteroatoms. The molecule has 1 heterocycles. The Labute approximate surface area is 134 Å². The number of likely N-dealkylation sites (N-methyl/N-ethyl adjacent to an activating group) is 1. The predicted molar refractivity (Wildman–Crippen MR) is 82.4 cm³/mol. The Kier molecular flexibility index (Phi) is 5.51. The highest BCUT2D eigenvalue weighted by atomic mass is 35.5. The number of nitrogens with zero attached hydrogens (tertiary/aromatic N) is 3. The van der Waals surface area contributed by atoms with Gasteiger partial charge in [-0.2, -0.15) is 0 Å². The zero-order chi connectivity index (χ0) is 16.1. The van der Waals surface area contributed by atoms with Gasteiger partial charge in [-0.3, -0.25) is 9.69 Å². The fourth-order valence-electron chi connectivity index (χ4n) is 1.88. The van der Waals surface area contributed by atoms with Crippen LogP contribution in [0.15, 0.2) is 28.7 Å². The molecule has 0 saturated carbocycles. The van der Waals surface area contributed by atoms with E-state index < -0.39 is 0 Å². The van der Waals surface area contributed by atoms with E-state index in [9.17, 15) is 4.79 Å². The highest BCUT2D eigenvalue weighted by molar-refractivity contribution is 6.30. The van der Waals surface area contributed by atoms with Crippen molar-refractivity contribution < 1.29 is 13.9 Å². The largest absolute Gasteiger partial charge is 0.465 e. The molecule has 22 heavy (non-hydrogen) atoms. The lowest BCUT2D eigenvalue weighted by atomic mass is 10.2. The van der Waals surface area contributed by atoms with Crippen molar-refractivity contribution in [1.29, 1.82) is 0 Å². The van der Waals surface area contributed by atoms with Gasteiger partial charge in [-0.25, -0.2) is 0 Å². The third-order valence-electron chi connectivity index (χ3n) is 3.21.